The summed E-state index contributed by atoms with van der Waals surface area (Å²) in [6.45, 7) is 0. The summed E-state index contributed by atoms with van der Waals surface area (Å²) < 4.78 is 1.08. The van der Waals surface area contributed by atoms with Gasteiger partial charge in [0.1, 0.15) is 0 Å². The average molecular weight is 413 g/mol. The minimum absolute atomic E-state index is 1.04. The summed E-state index contributed by atoms with van der Waals surface area (Å²) in [4.78, 5) is 8.67. The SMILES string of the molecule is Brc1ccc(-c2nccc3ccccc23)cc1.c1ccc2ncccc2c1. The Kier molecular flexibility index (Phi) is 5.22. The molecule has 27 heavy (non-hydrogen) atoms. The number of hydrogen-bond acceptors (Lipinski definition) is 2. The van der Waals surface area contributed by atoms with Gasteiger partial charge in [-0.15, -0.1) is 0 Å². The lowest BCUT2D eigenvalue weighted by Gasteiger charge is -2.05. The summed E-state index contributed by atoms with van der Waals surface area (Å²) >= 11 is 3.45. The van der Waals surface area contributed by atoms with E-state index in [1.54, 1.807) is 0 Å². The van der Waals surface area contributed by atoms with Crippen molar-refractivity contribution < 1.29 is 0 Å². The van der Waals surface area contributed by atoms with Crippen LogP contribution in [0.15, 0.2) is 108 Å². The fourth-order valence-corrected chi connectivity index (χ4v) is 3.24. The van der Waals surface area contributed by atoms with Gasteiger partial charge in [0.2, 0.25) is 0 Å². The zero-order valence-electron chi connectivity index (χ0n) is 14.6. The summed E-state index contributed by atoms with van der Waals surface area (Å²) in [6, 6.07) is 30.7. The van der Waals surface area contributed by atoms with Crippen molar-refractivity contribution in [2.75, 3.05) is 0 Å². The average Bonchev–Trinajstić information content (AvgIpc) is 2.75. The second-order valence-corrected chi connectivity index (χ2v) is 7.00. The number of aromatic nitrogens is 2. The predicted octanol–water partition coefficient (Wildman–Crippen LogP) is 6.90. The standard InChI is InChI=1S/C15H10BrN.C9H7N/c16-13-7-5-12(6-8-13)15-14-4-2-1-3-11(14)9-10-17-15;1-2-6-9-8(4-1)5-3-7-10-9/h1-10H;1-7H. The van der Waals surface area contributed by atoms with Crippen LogP contribution in [0.4, 0.5) is 0 Å². The molecule has 2 nitrogen and oxygen atoms in total. The first-order valence-corrected chi connectivity index (χ1v) is 9.50. The fourth-order valence-electron chi connectivity index (χ4n) is 2.97. The highest BCUT2D eigenvalue weighted by Crippen LogP contribution is 2.27. The van der Waals surface area contributed by atoms with Crippen molar-refractivity contribution in [3.63, 3.8) is 0 Å². The molecule has 0 amide bonds. The Bertz CT molecular complexity index is 1110. The van der Waals surface area contributed by atoms with Crippen LogP contribution in [0.25, 0.3) is 32.9 Å². The number of hydrogen-bond donors (Lipinski definition) is 0. The van der Waals surface area contributed by atoms with Gasteiger partial charge >= 0.3 is 0 Å². The highest BCUT2D eigenvalue weighted by Gasteiger charge is 2.04. The zero-order chi connectivity index (χ0) is 18.5. The van der Waals surface area contributed by atoms with Crippen LogP contribution in [0.5, 0.6) is 0 Å². The van der Waals surface area contributed by atoms with Crippen LogP contribution in [0, 0.1) is 0 Å². The summed E-state index contributed by atoms with van der Waals surface area (Å²) in [5.41, 5.74) is 3.24. The van der Waals surface area contributed by atoms with Crippen LogP contribution in [-0.4, -0.2) is 9.97 Å². The van der Waals surface area contributed by atoms with E-state index in [-0.39, 0.29) is 0 Å². The number of halogens is 1. The molecule has 2 heterocycles. The predicted molar refractivity (Wildman–Crippen MR) is 117 cm³/mol. The molecule has 0 saturated heterocycles. The quantitative estimate of drug-likeness (QED) is 0.299. The molecule has 0 aliphatic rings. The maximum atomic E-state index is 4.49. The van der Waals surface area contributed by atoms with Crippen LogP contribution in [0.2, 0.25) is 0 Å². The molecule has 0 fully saturated rings. The van der Waals surface area contributed by atoms with E-state index in [1.165, 1.54) is 16.2 Å². The minimum atomic E-state index is 1.04. The van der Waals surface area contributed by atoms with Gasteiger partial charge in [0, 0.05) is 33.2 Å². The summed E-state index contributed by atoms with van der Waals surface area (Å²) in [7, 11) is 0. The van der Waals surface area contributed by atoms with Crippen molar-refractivity contribution in [1.29, 1.82) is 0 Å². The highest BCUT2D eigenvalue weighted by molar-refractivity contribution is 9.10. The van der Waals surface area contributed by atoms with Crippen LogP contribution in [0.3, 0.4) is 0 Å². The number of benzene rings is 3. The van der Waals surface area contributed by atoms with Gasteiger partial charge in [-0.3, -0.25) is 9.97 Å². The maximum Gasteiger partial charge on any atom is 0.0780 e. The first kappa shape index (κ1) is 17.4. The van der Waals surface area contributed by atoms with E-state index in [0.29, 0.717) is 0 Å². The molecule has 3 heteroatoms. The number of pyridine rings is 2. The molecule has 2 aromatic heterocycles. The molecule has 5 rings (SSSR count). The molecular weight excluding hydrogens is 396 g/mol. The Morgan fingerprint density at radius 3 is 2.07 bits per heavy atom. The Hall–Kier alpha value is -3.04. The Morgan fingerprint density at radius 1 is 0.556 bits per heavy atom. The number of nitrogens with zero attached hydrogens (tertiary/aromatic N) is 2. The molecular formula is C24H17BrN2. The molecule has 0 radical (unpaired) electrons. The third-order valence-corrected chi connectivity index (χ3v) is 4.83. The molecule has 0 saturated carbocycles. The van der Waals surface area contributed by atoms with Gasteiger partial charge < -0.3 is 0 Å². The maximum absolute atomic E-state index is 4.49. The highest BCUT2D eigenvalue weighted by atomic mass is 79.9. The first-order valence-electron chi connectivity index (χ1n) is 8.71. The summed E-state index contributed by atoms with van der Waals surface area (Å²) in [6.07, 6.45) is 3.67. The van der Waals surface area contributed by atoms with Gasteiger partial charge in [-0.25, -0.2) is 0 Å². The van der Waals surface area contributed by atoms with Crippen molar-refractivity contribution in [2.24, 2.45) is 0 Å². The van der Waals surface area contributed by atoms with E-state index in [1.807, 2.05) is 67.0 Å². The largest absolute Gasteiger partial charge is 0.256 e. The minimum Gasteiger partial charge on any atom is -0.256 e. The Labute approximate surface area is 166 Å². The van der Waals surface area contributed by atoms with Gasteiger partial charge in [-0.1, -0.05) is 76.6 Å². The molecule has 0 atom stereocenters. The van der Waals surface area contributed by atoms with Crippen molar-refractivity contribution in [1.82, 2.24) is 9.97 Å². The number of fused-ring (bicyclic) bond motifs is 2. The Balaban J connectivity index is 0.000000153. The topological polar surface area (TPSA) is 25.8 Å². The lowest BCUT2D eigenvalue weighted by Crippen LogP contribution is -1.85. The van der Waals surface area contributed by atoms with Gasteiger partial charge in [0.25, 0.3) is 0 Å². The van der Waals surface area contributed by atoms with Crippen LogP contribution < -0.4 is 0 Å². The first-order chi connectivity index (χ1) is 13.3. The smallest absolute Gasteiger partial charge is 0.0780 e. The van der Waals surface area contributed by atoms with Crippen molar-refractivity contribution in [3.05, 3.63) is 108 Å². The molecule has 130 valence electrons. The molecule has 5 aromatic rings. The molecule has 0 aliphatic heterocycles. The van der Waals surface area contributed by atoms with Gasteiger partial charge in [0.05, 0.1) is 11.2 Å². The molecule has 0 aliphatic carbocycles. The van der Waals surface area contributed by atoms with Gasteiger partial charge in [-0.05, 0) is 35.7 Å². The monoisotopic (exact) mass is 412 g/mol. The van der Waals surface area contributed by atoms with Gasteiger partial charge in [-0.2, -0.15) is 0 Å². The molecule has 0 unspecified atom stereocenters. The summed E-state index contributed by atoms with van der Waals surface area (Å²) in [5.74, 6) is 0. The molecule has 0 N–H and O–H groups in total. The molecule has 0 bridgehead atoms. The van der Waals surface area contributed by atoms with Crippen LogP contribution >= 0.6 is 15.9 Å². The molecule has 0 spiro atoms. The zero-order valence-corrected chi connectivity index (χ0v) is 16.2. The van der Waals surface area contributed by atoms with E-state index in [4.69, 9.17) is 0 Å². The van der Waals surface area contributed by atoms with Crippen molar-refractivity contribution in [3.8, 4) is 11.3 Å². The third-order valence-electron chi connectivity index (χ3n) is 4.30. The van der Waals surface area contributed by atoms with Crippen LogP contribution in [-0.2, 0) is 0 Å². The normalized spacial score (nSPS) is 10.4. The Morgan fingerprint density at radius 2 is 1.26 bits per heavy atom. The van der Waals surface area contributed by atoms with E-state index >= 15 is 0 Å². The van der Waals surface area contributed by atoms with E-state index in [0.717, 1.165) is 21.2 Å². The van der Waals surface area contributed by atoms with Crippen LogP contribution in [0.1, 0.15) is 0 Å². The van der Waals surface area contributed by atoms with Gasteiger partial charge in [0.15, 0.2) is 0 Å². The number of rotatable bonds is 1. The third kappa shape index (κ3) is 4.04. The second-order valence-electron chi connectivity index (χ2n) is 6.08. The lowest BCUT2D eigenvalue weighted by atomic mass is 10.0. The molecule has 3 aromatic carbocycles. The second kappa shape index (κ2) is 8.11. The van der Waals surface area contributed by atoms with E-state index in [9.17, 15) is 0 Å². The lowest BCUT2D eigenvalue weighted by molar-refractivity contribution is 1.36. The van der Waals surface area contributed by atoms with Crippen molar-refractivity contribution >= 4 is 37.6 Å². The summed E-state index contributed by atoms with van der Waals surface area (Å²) in [5, 5.41) is 3.61. The van der Waals surface area contributed by atoms with E-state index < -0.39 is 0 Å². The fraction of sp³-hybridized carbons (Fsp3) is 0. The van der Waals surface area contributed by atoms with Crippen molar-refractivity contribution in [2.45, 2.75) is 0 Å². The number of para-hydroxylation sites is 1. The van der Waals surface area contributed by atoms with E-state index in [2.05, 4.69) is 62.3 Å².